The van der Waals surface area contributed by atoms with Crippen molar-refractivity contribution < 1.29 is 4.84 Å². The third-order valence-corrected chi connectivity index (χ3v) is 3.06. The van der Waals surface area contributed by atoms with Gasteiger partial charge in [0.25, 0.3) is 0 Å². The van der Waals surface area contributed by atoms with Crippen molar-refractivity contribution in [1.29, 1.82) is 0 Å². The Morgan fingerprint density at radius 3 is 2.37 bits per heavy atom. The minimum atomic E-state index is 0.746. The van der Waals surface area contributed by atoms with Crippen LogP contribution >= 0.6 is 0 Å². The summed E-state index contributed by atoms with van der Waals surface area (Å²) in [6, 6.07) is 18.9. The van der Waals surface area contributed by atoms with Gasteiger partial charge in [-0.25, -0.2) is 0 Å². The quantitative estimate of drug-likeness (QED) is 0.722. The van der Waals surface area contributed by atoms with E-state index in [0.29, 0.717) is 0 Å². The lowest BCUT2D eigenvalue weighted by molar-refractivity contribution is 0.122. The average Bonchev–Trinajstić information content (AvgIpc) is 2.46. The fourth-order valence-electron chi connectivity index (χ4n) is 2.08. The first-order valence-electron chi connectivity index (χ1n) is 6.79. The SMILES string of the molecule is CCCON(C)c1ccccc1Cc1ccccc1. The third-order valence-electron chi connectivity index (χ3n) is 3.06. The maximum Gasteiger partial charge on any atom is 0.0746 e. The molecule has 0 fully saturated rings. The van der Waals surface area contributed by atoms with Crippen LogP contribution in [0.15, 0.2) is 54.6 Å². The summed E-state index contributed by atoms with van der Waals surface area (Å²) in [6.45, 7) is 2.86. The van der Waals surface area contributed by atoms with Crippen LogP contribution in [0.1, 0.15) is 24.5 Å². The van der Waals surface area contributed by atoms with Gasteiger partial charge in [-0.05, 0) is 30.0 Å². The Kier molecular flexibility index (Phi) is 4.99. The van der Waals surface area contributed by atoms with E-state index in [0.717, 1.165) is 25.1 Å². The van der Waals surface area contributed by atoms with Gasteiger partial charge >= 0.3 is 0 Å². The van der Waals surface area contributed by atoms with E-state index < -0.39 is 0 Å². The van der Waals surface area contributed by atoms with Crippen LogP contribution in [0.3, 0.4) is 0 Å². The lowest BCUT2D eigenvalue weighted by atomic mass is 10.0. The number of rotatable bonds is 6. The van der Waals surface area contributed by atoms with Gasteiger partial charge in [0.2, 0.25) is 0 Å². The Morgan fingerprint density at radius 1 is 0.947 bits per heavy atom. The molecule has 0 saturated carbocycles. The Balaban J connectivity index is 2.16. The van der Waals surface area contributed by atoms with E-state index in [2.05, 4.69) is 55.5 Å². The number of anilines is 1. The van der Waals surface area contributed by atoms with Crippen molar-refractivity contribution in [2.75, 3.05) is 18.7 Å². The normalized spacial score (nSPS) is 10.4. The van der Waals surface area contributed by atoms with Crippen molar-refractivity contribution >= 4 is 5.69 Å². The summed E-state index contributed by atoms with van der Waals surface area (Å²) in [5.74, 6) is 0. The monoisotopic (exact) mass is 255 g/mol. The molecular weight excluding hydrogens is 234 g/mol. The van der Waals surface area contributed by atoms with Gasteiger partial charge in [0.1, 0.15) is 0 Å². The van der Waals surface area contributed by atoms with Gasteiger partial charge in [-0.3, -0.25) is 9.90 Å². The van der Waals surface area contributed by atoms with E-state index >= 15 is 0 Å². The molecule has 2 aromatic carbocycles. The van der Waals surface area contributed by atoms with Crippen LogP contribution in [-0.4, -0.2) is 13.7 Å². The molecule has 2 aromatic rings. The van der Waals surface area contributed by atoms with Gasteiger partial charge < -0.3 is 0 Å². The van der Waals surface area contributed by atoms with Gasteiger partial charge in [0, 0.05) is 7.05 Å². The minimum Gasteiger partial charge on any atom is -0.274 e. The molecule has 0 aromatic heterocycles. The minimum absolute atomic E-state index is 0.746. The van der Waals surface area contributed by atoms with E-state index in [-0.39, 0.29) is 0 Å². The second kappa shape index (κ2) is 6.95. The maximum atomic E-state index is 5.69. The molecule has 0 spiro atoms. The summed E-state index contributed by atoms with van der Waals surface area (Å²) in [6.07, 6.45) is 1.95. The molecule has 2 rings (SSSR count). The molecule has 0 bridgehead atoms. The lowest BCUT2D eigenvalue weighted by Crippen LogP contribution is -2.19. The van der Waals surface area contributed by atoms with Crippen LogP contribution in [0.25, 0.3) is 0 Å². The van der Waals surface area contributed by atoms with E-state index in [1.807, 2.05) is 18.2 Å². The van der Waals surface area contributed by atoms with Crippen LogP contribution in [0.2, 0.25) is 0 Å². The smallest absolute Gasteiger partial charge is 0.0746 e. The van der Waals surface area contributed by atoms with Crippen LogP contribution in [0.5, 0.6) is 0 Å². The van der Waals surface area contributed by atoms with Crippen LogP contribution in [0, 0.1) is 0 Å². The molecule has 0 atom stereocenters. The number of nitrogens with zero attached hydrogens (tertiary/aromatic N) is 1. The van der Waals surface area contributed by atoms with Crippen molar-refractivity contribution in [2.45, 2.75) is 19.8 Å². The summed E-state index contributed by atoms with van der Waals surface area (Å²) in [4.78, 5) is 5.69. The maximum absolute atomic E-state index is 5.69. The van der Waals surface area contributed by atoms with E-state index in [1.54, 1.807) is 0 Å². The molecule has 0 aliphatic rings. The van der Waals surface area contributed by atoms with Crippen LogP contribution < -0.4 is 5.06 Å². The van der Waals surface area contributed by atoms with E-state index in [1.165, 1.54) is 11.1 Å². The zero-order valence-corrected chi connectivity index (χ0v) is 11.7. The highest BCUT2D eigenvalue weighted by molar-refractivity contribution is 5.52. The summed E-state index contributed by atoms with van der Waals surface area (Å²) in [7, 11) is 1.97. The first kappa shape index (κ1) is 13.6. The summed E-state index contributed by atoms with van der Waals surface area (Å²) in [5.41, 5.74) is 3.74. The van der Waals surface area contributed by atoms with Gasteiger partial charge in [-0.2, -0.15) is 0 Å². The second-order valence-corrected chi connectivity index (χ2v) is 4.62. The Labute approximate surface area is 115 Å². The number of hydrogen-bond donors (Lipinski definition) is 0. The van der Waals surface area contributed by atoms with Crippen molar-refractivity contribution in [3.8, 4) is 0 Å². The average molecular weight is 255 g/mol. The van der Waals surface area contributed by atoms with Gasteiger partial charge in [0.15, 0.2) is 0 Å². The number of para-hydroxylation sites is 1. The highest BCUT2D eigenvalue weighted by Gasteiger charge is 2.07. The third kappa shape index (κ3) is 3.83. The summed E-state index contributed by atoms with van der Waals surface area (Å²) in [5, 5.41) is 1.88. The Hall–Kier alpha value is -1.80. The molecule has 0 radical (unpaired) electrons. The van der Waals surface area contributed by atoms with E-state index in [4.69, 9.17) is 4.84 Å². The number of hydrogen-bond acceptors (Lipinski definition) is 2. The van der Waals surface area contributed by atoms with Crippen LogP contribution in [0.4, 0.5) is 5.69 Å². The number of benzene rings is 2. The van der Waals surface area contributed by atoms with Gasteiger partial charge in [-0.1, -0.05) is 55.5 Å². The Morgan fingerprint density at radius 2 is 1.63 bits per heavy atom. The molecule has 0 aliphatic heterocycles. The summed E-state index contributed by atoms with van der Waals surface area (Å²) < 4.78 is 0. The largest absolute Gasteiger partial charge is 0.274 e. The molecule has 0 heterocycles. The zero-order chi connectivity index (χ0) is 13.5. The first-order chi connectivity index (χ1) is 9.31. The predicted octanol–water partition coefficient (Wildman–Crippen LogP) is 4.06. The van der Waals surface area contributed by atoms with Crippen molar-refractivity contribution in [3.05, 3.63) is 65.7 Å². The highest BCUT2D eigenvalue weighted by Crippen LogP contribution is 2.22. The fourth-order valence-corrected chi connectivity index (χ4v) is 2.08. The fraction of sp³-hybridized carbons (Fsp3) is 0.294. The molecule has 0 unspecified atom stereocenters. The topological polar surface area (TPSA) is 12.5 Å². The molecule has 100 valence electrons. The van der Waals surface area contributed by atoms with E-state index in [9.17, 15) is 0 Å². The van der Waals surface area contributed by atoms with Crippen molar-refractivity contribution in [3.63, 3.8) is 0 Å². The molecule has 0 saturated heterocycles. The number of hydroxylamine groups is 1. The van der Waals surface area contributed by atoms with Crippen molar-refractivity contribution in [1.82, 2.24) is 0 Å². The molecule has 0 N–H and O–H groups in total. The molecular formula is C17H21NO. The highest BCUT2D eigenvalue weighted by atomic mass is 16.7. The molecule has 2 nitrogen and oxygen atoms in total. The molecule has 0 aliphatic carbocycles. The van der Waals surface area contributed by atoms with Crippen molar-refractivity contribution in [2.24, 2.45) is 0 Å². The first-order valence-corrected chi connectivity index (χ1v) is 6.79. The van der Waals surface area contributed by atoms with Gasteiger partial charge in [0.05, 0.1) is 12.3 Å². The standard InChI is InChI=1S/C17H21NO/c1-3-13-19-18(2)17-12-8-7-11-16(17)14-15-9-5-4-6-10-15/h4-12H,3,13-14H2,1-2H3. The predicted molar refractivity (Wildman–Crippen MR) is 80.3 cm³/mol. The second-order valence-electron chi connectivity index (χ2n) is 4.62. The van der Waals surface area contributed by atoms with Crippen LogP contribution in [-0.2, 0) is 11.3 Å². The lowest BCUT2D eigenvalue weighted by Gasteiger charge is -2.21. The Bertz CT molecular complexity index is 496. The molecule has 2 heteroatoms. The van der Waals surface area contributed by atoms with Gasteiger partial charge in [-0.15, -0.1) is 0 Å². The summed E-state index contributed by atoms with van der Waals surface area (Å²) >= 11 is 0. The zero-order valence-electron chi connectivity index (χ0n) is 11.7. The molecule has 0 amide bonds. The molecule has 19 heavy (non-hydrogen) atoms.